The van der Waals surface area contributed by atoms with E-state index in [0.717, 1.165) is 24.5 Å². The molecule has 37 heavy (non-hydrogen) atoms. The number of nitrogens with zero attached hydrogens (tertiary/aromatic N) is 2. The molecule has 0 spiro atoms. The number of halogens is 4. The quantitative estimate of drug-likeness (QED) is 0.144. The maximum Gasteiger partial charge on any atom is 0.295 e. The zero-order valence-electron chi connectivity index (χ0n) is 23.7. The van der Waals surface area contributed by atoms with E-state index in [4.69, 9.17) is 8.85 Å². The second-order valence-electron chi connectivity index (χ2n) is 12.2. The van der Waals surface area contributed by atoms with Gasteiger partial charge in [-0.1, -0.05) is 41.5 Å². The summed E-state index contributed by atoms with van der Waals surface area (Å²) in [5, 5.41) is 10.7. The van der Waals surface area contributed by atoms with E-state index in [2.05, 4.69) is 4.98 Å². The van der Waals surface area contributed by atoms with Crippen LogP contribution < -0.4 is 4.73 Å². The second kappa shape index (κ2) is 11.9. The van der Waals surface area contributed by atoms with Crippen LogP contribution in [0.3, 0.4) is 0 Å². The first-order valence-electron chi connectivity index (χ1n) is 12.2. The molecule has 5 nitrogen and oxygen atoms in total. The second-order valence-corrected chi connectivity index (χ2v) is 21.8. The monoisotopic (exact) mass is 562 g/mol. The Balaban J connectivity index is 0.000000371. The summed E-state index contributed by atoms with van der Waals surface area (Å²) in [5.74, 6) is -6.04. The van der Waals surface area contributed by atoms with E-state index < -0.39 is 41.7 Å². The van der Waals surface area contributed by atoms with E-state index >= 15 is 0 Å². The zero-order chi connectivity index (χ0) is 28.9. The number of hydrogen-bond donors (Lipinski definition) is 0. The van der Waals surface area contributed by atoms with Crippen molar-refractivity contribution in [3.8, 4) is 0 Å². The summed E-state index contributed by atoms with van der Waals surface area (Å²) in [4.78, 5) is 3.74. The number of aromatic nitrogens is 2. The van der Waals surface area contributed by atoms with Crippen LogP contribution in [-0.2, 0) is 20.7 Å². The number of pyridine rings is 2. The zero-order valence-corrected chi connectivity index (χ0v) is 25.7. The third-order valence-corrected chi connectivity index (χ3v) is 16.1. The number of rotatable bonds is 8. The molecule has 2 aromatic rings. The summed E-state index contributed by atoms with van der Waals surface area (Å²) in [7, 11) is -4.35. The van der Waals surface area contributed by atoms with Crippen LogP contribution in [0.25, 0.3) is 0 Å². The Kier molecular flexibility index (Phi) is 10.7. The molecule has 0 aromatic carbocycles. The molecule has 11 heteroatoms. The maximum atomic E-state index is 14.0. The van der Waals surface area contributed by atoms with Gasteiger partial charge in [-0.25, -0.2) is 0 Å². The van der Waals surface area contributed by atoms with Crippen LogP contribution in [0.15, 0.2) is 49.1 Å². The summed E-state index contributed by atoms with van der Waals surface area (Å²) in [5.41, 5.74) is -0.241. The molecule has 0 saturated heterocycles. The Bertz CT molecular complexity index is 976. The SMILES string of the molecule is CC(C)(C)[Si](C)(C)OCC(F)(F)c1cc[n+]([O-])cc1.CC(C)(C)[Si](C)(C)OCC(F)(F)c1ccncc1. The minimum atomic E-state index is -3.08. The average molecular weight is 563 g/mol. The molecule has 0 aliphatic carbocycles. The van der Waals surface area contributed by atoms with E-state index in [-0.39, 0.29) is 21.2 Å². The summed E-state index contributed by atoms with van der Waals surface area (Å²) in [6.07, 6.45) is 4.87. The number of alkyl halides is 4. The van der Waals surface area contributed by atoms with Crippen LogP contribution in [0.2, 0.25) is 36.3 Å². The lowest BCUT2D eigenvalue weighted by molar-refractivity contribution is -0.605. The van der Waals surface area contributed by atoms with Crippen LogP contribution in [0.1, 0.15) is 52.7 Å². The van der Waals surface area contributed by atoms with Crippen LogP contribution in [0.4, 0.5) is 17.6 Å². The molecular weight excluding hydrogens is 520 g/mol. The molecule has 0 N–H and O–H groups in total. The highest BCUT2D eigenvalue weighted by atomic mass is 28.4. The summed E-state index contributed by atoms with van der Waals surface area (Å²) >= 11 is 0. The molecule has 0 atom stereocenters. The van der Waals surface area contributed by atoms with Gasteiger partial charge in [-0.05, 0) is 48.4 Å². The molecule has 0 aliphatic rings. The van der Waals surface area contributed by atoms with Gasteiger partial charge in [-0.3, -0.25) is 4.98 Å². The van der Waals surface area contributed by atoms with Gasteiger partial charge in [-0.15, -0.1) is 0 Å². The lowest BCUT2D eigenvalue weighted by Crippen LogP contribution is -2.43. The highest BCUT2D eigenvalue weighted by molar-refractivity contribution is 6.74. The molecule has 2 aromatic heterocycles. The normalized spacial score (nSPS) is 13.7. The Morgan fingerprint density at radius 3 is 1.35 bits per heavy atom. The minimum Gasteiger partial charge on any atom is -0.619 e. The van der Waals surface area contributed by atoms with Crippen LogP contribution >= 0.6 is 0 Å². The van der Waals surface area contributed by atoms with E-state index in [1.165, 1.54) is 24.5 Å². The van der Waals surface area contributed by atoms with Crippen molar-refractivity contribution in [1.82, 2.24) is 4.98 Å². The predicted molar refractivity (Wildman–Crippen MR) is 144 cm³/mol. The van der Waals surface area contributed by atoms with Crippen molar-refractivity contribution < 1.29 is 31.1 Å². The van der Waals surface area contributed by atoms with Crippen LogP contribution in [0, 0.1) is 5.21 Å². The highest BCUT2D eigenvalue weighted by Crippen LogP contribution is 2.40. The Hall–Kier alpha value is -1.83. The third kappa shape index (κ3) is 9.77. The van der Waals surface area contributed by atoms with Gasteiger partial charge < -0.3 is 14.1 Å². The first kappa shape index (κ1) is 33.2. The van der Waals surface area contributed by atoms with Gasteiger partial charge >= 0.3 is 0 Å². The molecule has 0 amide bonds. The van der Waals surface area contributed by atoms with Gasteiger partial charge in [0.05, 0.1) is 0 Å². The molecule has 2 rings (SSSR count). The van der Waals surface area contributed by atoms with Gasteiger partial charge in [0.2, 0.25) is 0 Å². The Morgan fingerprint density at radius 2 is 1.03 bits per heavy atom. The van der Waals surface area contributed by atoms with Crippen molar-refractivity contribution in [2.75, 3.05) is 13.2 Å². The summed E-state index contributed by atoms with van der Waals surface area (Å²) in [6.45, 7) is 18.7. The molecule has 0 saturated carbocycles. The van der Waals surface area contributed by atoms with Crippen molar-refractivity contribution >= 4 is 16.6 Å². The molecule has 2 heterocycles. The van der Waals surface area contributed by atoms with E-state index in [1.54, 1.807) is 0 Å². The first-order chi connectivity index (χ1) is 16.5. The topological polar surface area (TPSA) is 58.3 Å². The van der Waals surface area contributed by atoms with Crippen molar-refractivity contribution in [2.45, 2.75) is 89.7 Å². The van der Waals surface area contributed by atoms with E-state index in [1.807, 2.05) is 67.7 Å². The van der Waals surface area contributed by atoms with Gasteiger partial charge in [-0.2, -0.15) is 22.3 Å². The molecule has 0 radical (unpaired) electrons. The fourth-order valence-electron chi connectivity index (χ4n) is 2.39. The molecular formula is C26H42F4N2O3Si2. The fraction of sp³-hybridized carbons (Fsp3) is 0.615. The number of hydrogen-bond acceptors (Lipinski definition) is 4. The van der Waals surface area contributed by atoms with Crippen molar-refractivity contribution in [3.05, 3.63) is 65.4 Å². The van der Waals surface area contributed by atoms with Gasteiger partial charge in [0.25, 0.3) is 11.8 Å². The molecule has 0 aliphatic heterocycles. The van der Waals surface area contributed by atoms with Gasteiger partial charge in [0.15, 0.2) is 29.0 Å². The summed E-state index contributed by atoms with van der Waals surface area (Å²) < 4.78 is 67.5. The van der Waals surface area contributed by atoms with Crippen LogP contribution in [-0.4, -0.2) is 34.8 Å². The van der Waals surface area contributed by atoms with Gasteiger partial charge in [0, 0.05) is 35.7 Å². The Morgan fingerprint density at radius 1 is 0.703 bits per heavy atom. The van der Waals surface area contributed by atoms with Crippen LogP contribution in [0.5, 0.6) is 0 Å². The lowest BCUT2D eigenvalue weighted by Gasteiger charge is -2.37. The first-order valence-corrected chi connectivity index (χ1v) is 18.0. The lowest BCUT2D eigenvalue weighted by atomic mass is 10.1. The van der Waals surface area contributed by atoms with Gasteiger partial charge in [0.1, 0.15) is 13.2 Å². The minimum absolute atomic E-state index is 0.0452. The highest BCUT2D eigenvalue weighted by Gasteiger charge is 2.42. The molecule has 0 unspecified atom stereocenters. The largest absolute Gasteiger partial charge is 0.619 e. The van der Waals surface area contributed by atoms with Crippen molar-refractivity contribution in [2.24, 2.45) is 0 Å². The molecule has 0 fully saturated rings. The smallest absolute Gasteiger partial charge is 0.295 e. The maximum absolute atomic E-state index is 14.0. The Labute approximate surface area is 221 Å². The standard InChI is InChI=1S/C13H21F2NO2Si.C13H21F2NOSi/c1-12(2,3)19(4,5)18-10-13(14,15)11-6-8-16(17)9-7-11;1-12(2,3)18(4,5)17-10-13(14,15)11-6-8-16-9-7-11/h6-9H,10H2,1-5H3;6-9H,10H2,1-5H3. The van der Waals surface area contributed by atoms with E-state index in [9.17, 15) is 22.8 Å². The third-order valence-electron chi connectivity index (χ3n) is 7.17. The molecule has 210 valence electrons. The van der Waals surface area contributed by atoms with Crippen molar-refractivity contribution in [1.29, 1.82) is 0 Å². The molecule has 0 bridgehead atoms. The summed E-state index contributed by atoms with van der Waals surface area (Å²) in [6, 6.07) is 4.91. The fourth-order valence-corrected chi connectivity index (χ4v) is 4.34. The van der Waals surface area contributed by atoms with E-state index in [0.29, 0.717) is 4.73 Å². The van der Waals surface area contributed by atoms with Crippen molar-refractivity contribution in [3.63, 3.8) is 0 Å². The predicted octanol–water partition coefficient (Wildman–Crippen LogP) is 7.63. The average Bonchev–Trinajstić information content (AvgIpc) is 2.76.